The van der Waals surface area contributed by atoms with Crippen LogP contribution in [0.1, 0.15) is 47.0 Å². The van der Waals surface area contributed by atoms with E-state index in [1.807, 2.05) is 0 Å². The topological polar surface area (TPSA) is 21.7 Å². The van der Waals surface area contributed by atoms with Crippen LogP contribution in [0.25, 0.3) is 0 Å². The van der Waals surface area contributed by atoms with E-state index in [2.05, 4.69) is 55.6 Å². The average molecular weight is 353 g/mol. The minimum atomic E-state index is -0.0484. The van der Waals surface area contributed by atoms with Crippen LogP contribution in [0.15, 0.2) is 0 Å². The molecule has 2 aliphatic rings. The first kappa shape index (κ1) is 14.0. The van der Waals surface area contributed by atoms with E-state index >= 15 is 0 Å². The molecule has 0 saturated carbocycles. The van der Waals surface area contributed by atoms with Crippen molar-refractivity contribution in [3.05, 3.63) is 0 Å². The van der Waals surface area contributed by atoms with E-state index in [-0.39, 0.29) is 16.7 Å². The lowest BCUT2D eigenvalue weighted by molar-refractivity contribution is -0.0531. The predicted molar refractivity (Wildman–Crippen MR) is 77.4 cm³/mol. The average Bonchev–Trinajstić information content (AvgIpc) is 2.68. The molecule has 2 rings (SSSR count). The van der Waals surface area contributed by atoms with Crippen LogP contribution in [0.2, 0.25) is 0 Å². The van der Waals surface area contributed by atoms with Gasteiger partial charge in [0.2, 0.25) is 0 Å². The van der Waals surface area contributed by atoms with E-state index < -0.39 is 0 Å². The second-order valence-corrected chi connectivity index (χ2v) is 7.29. The third kappa shape index (κ3) is 2.96. The van der Waals surface area contributed by atoms with Gasteiger partial charge in [0.15, 0.2) is 0 Å². The molecule has 0 amide bonds. The summed E-state index contributed by atoms with van der Waals surface area (Å²) in [6, 6.07) is 0. The number of rotatable bonds is 3. The van der Waals surface area contributed by atoms with Gasteiger partial charge in [-0.15, -0.1) is 0 Å². The summed E-state index contributed by atoms with van der Waals surface area (Å²) in [5.41, 5.74) is 0.183. The van der Waals surface area contributed by atoms with Crippen molar-refractivity contribution < 1.29 is 7.80 Å². The number of ether oxygens (including phenoxy) is 1. The smallest absolute Gasteiger partial charge is 0.110 e. The van der Waals surface area contributed by atoms with Crippen LogP contribution in [-0.2, 0) is 7.80 Å². The lowest BCUT2D eigenvalue weighted by atomic mass is 9.89. The van der Waals surface area contributed by atoms with Gasteiger partial charge in [-0.2, -0.15) is 0 Å². The Hall–Kier alpha value is 0.610. The number of fused-ring (bicyclic) bond motifs is 1. The van der Waals surface area contributed by atoms with Crippen LogP contribution in [0, 0.1) is 0 Å². The van der Waals surface area contributed by atoms with E-state index in [1.165, 1.54) is 19.4 Å². The van der Waals surface area contributed by atoms with Gasteiger partial charge in [0, 0.05) is 12.1 Å². The fourth-order valence-corrected chi connectivity index (χ4v) is 3.51. The largest absolute Gasteiger partial charge is 0.374 e. The highest BCUT2D eigenvalue weighted by Gasteiger charge is 2.54. The molecule has 2 aliphatic heterocycles. The molecule has 0 aromatic carbocycles. The molecule has 2 heterocycles. The van der Waals surface area contributed by atoms with Crippen LogP contribution in [0.3, 0.4) is 0 Å². The standard InChI is InChI=1S/C13H24INO2/c1-11(2,3)16-10-13-6-5-7-15(13)9-12(4,8-13)17-14/h5-10H2,1-4H3. The molecule has 2 atom stereocenters. The van der Waals surface area contributed by atoms with Gasteiger partial charge < -0.3 is 7.80 Å². The fraction of sp³-hybridized carbons (Fsp3) is 1.00. The second kappa shape index (κ2) is 4.62. The van der Waals surface area contributed by atoms with Crippen LogP contribution in [0.4, 0.5) is 0 Å². The van der Waals surface area contributed by atoms with Crippen molar-refractivity contribution in [2.75, 3.05) is 19.7 Å². The molecule has 0 spiro atoms. The van der Waals surface area contributed by atoms with E-state index in [9.17, 15) is 0 Å². The van der Waals surface area contributed by atoms with Gasteiger partial charge in [0.05, 0.1) is 17.8 Å². The highest BCUT2D eigenvalue weighted by molar-refractivity contribution is 14.1. The van der Waals surface area contributed by atoms with Crippen molar-refractivity contribution in [3.8, 4) is 0 Å². The van der Waals surface area contributed by atoms with E-state index in [1.54, 1.807) is 0 Å². The van der Waals surface area contributed by atoms with Crippen LogP contribution in [-0.4, -0.2) is 41.3 Å². The zero-order valence-electron chi connectivity index (χ0n) is 11.4. The molecule has 100 valence electrons. The lowest BCUT2D eigenvalue weighted by Gasteiger charge is -2.34. The summed E-state index contributed by atoms with van der Waals surface area (Å²) in [6.45, 7) is 11.7. The molecule has 17 heavy (non-hydrogen) atoms. The molecular formula is C13H24INO2. The Labute approximate surface area is 119 Å². The molecule has 0 N–H and O–H groups in total. The monoisotopic (exact) mass is 353 g/mol. The SMILES string of the molecule is CC(C)(C)OCC12CCCN1CC(C)(OI)C2. The zero-order chi connectivity index (χ0) is 12.7. The van der Waals surface area contributed by atoms with Crippen LogP contribution >= 0.6 is 23.0 Å². The molecule has 3 nitrogen and oxygen atoms in total. The fourth-order valence-electron chi connectivity index (χ4n) is 3.21. The maximum absolute atomic E-state index is 6.06. The Kier molecular flexibility index (Phi) is 3.81. The molecule has 0 radical (unpaired) electrons. The molecular weight excluding hydrogens is 329 g/mol. The summed E-state index contributed by atoms with van der Waals surface area (Å²) in [7, 11) is 0. The minimum Gasteiger partial charge on any atom is -0.374 e. The van der Waals surface area contributed by atoms with Gasteiger partial charge >= 0.3 is 0 Å². The molecule has 2 saturated heterocycles. The van der Waals surface area contributed by atoms with Crippen molar-refractivity contribution in [1.82, 2.24) is 4.90 Å². The molecule has 4 heteroatoms. The van der Waals surface area contributed by atoms with Gasteiger partial charge in [-0.1, -0.05) is 0 Å². The van der Waals surface area contributed by atoms with Gasteiger partial charge in [0.25, 0.3) is 0 Å². The summed E-state index contributed by atoms with van der Waals surface area (Å²) in [5.74, 6) is 0. The Morgan fingerprint density at radius 2 is 2.06 bits per heavy atom. The number of halogens is 1. The Morgan fingerprint density at radius 1 is 1.35 bits per heavy atom. The van der Waals surface area contributed by atoms with Gasteiger partial charge in [-0.25, -0.2) is 0 Å². The molecule has 0 aliphatic carbocycles. The maximum atomic E-state index is 6.06. The number of nitrogens with zero attached hydrogens (tertiary/aromatic N) is 1. The minimum absolute atomic E-state index is 0.00221. The van der Waals surface area contributed by atoms with Crippen molar-refractivity contribution in [2.24, 2.45) is 0 Å². The summed E-state index contributed by atoms with van der Waals surface area (Å²) in [6.07, 6.45) is 3.64. The first-order valence-electron chi connectivity index (χ1n) is 6.48. The first-order valence-corrected chi connectivity index (χ1v) is 7.36. The summed E-state index contributed by atoms with van der Waals surface area (Å²) in [5, 5.41) is 0. The summed E-state index contributed by atoms with van der Waals surface area (Å²) in [4.78, 5) is 2.58. The molecule has 0 bridgehead atoms. The lowest BCUT2D eigenvalue weighted by Crippen LogP contribution is -2.44. The van der Waals surface area contributed by atoms with E-state index in [4.69, 9.17) is 7.80 Å². The molecule has 0 aromatic heterocycles. The first-order chi connectivity index (χ1) is 7.79. The molecule has 2 fully saturated rings. The van der Waals surface area contributed by atoms with Gasteiger partial charge in [0.1, 0.15) is 23.0 Å². The van der Waals surface area contributed by atoms with Crippen LogP contribution in [0.5, 0.6) is 0 Å². The van der Waals surface area contributed by atoms with Crippen LogP contribution < -0.4 is 0 Å². The maximum Gasteiger partial charge on any atom is 0.110 e. The van der Waals surface area contributed by atoms with Crippen molar-refractivity contribution >= 4 is 23.0 Å². The highest BCUT2D eigenvalue weighted by atomic mass is 127. The molecule has 0 aromatic rings. The van der Waals surface area contributed by atoms with Crippen molar-refractivity contribution in [2.45, 2.75) is 63.7 Å². The zero-order valence-corrected chi connectivity index (χ0v) is 13.5. The number of hydrogen-bond donors (Lipinski definition) is 0. The Bertz CT molecular complexity index is 292. The summed E-state index contributed by atoms with van der Waals surface area (Å²) >= 11 is 2.05. The van der Waals surface area contributed by atoms with E-state index in [0.29, 0.717) is 0 Å². The Morgan fingerprint density at radius 3 is 2.65 bits per heavy atom. The van der Waals surface area contributed by atoms with E-state index in [0.717, 1.165) is 19.6 Å². The normalized spacial score (nSPS) is 38.6. The van der Waals surface area contributed by atoms with Crippen molar-refractivity contribution in [3.63, 3.8) is 0 Å². The van der Waals surface area contributed by atoms with Crippen molar-refractivity contribution in [1.29, 1.82) is 0 Å². The highest BCUT2D eigenvalue weighted by Crippen LogP contribution is 2.46. The number of hydrogen-bond acceptors (Lipinski definition) is 3. The quantitative estimate of drug-likeness (QED) is 0.728. The summed E-state index contributed by atoms with van der Waals surface area (Å²) < 4.78 is 11.7. The second-order valence-electron chi connectivity index (χ2n) is 6.85. The third-order valence-electron chi connectivity index (χ3n) is 3.93. The van der Waals surface area contributed by atoms with Gasteiger partial charge in [-0.05, 0) is 53.5 Å². The molecule has 2 unspecified atom stereocenters. The Balaban J connectivity index is 2.06. The predicted octanol–water partition coefficient (Wildman–Crippen LogP) is 3.17. The van der Waals surface area contributed by atoms with Gasteiger partial charge in [-0.3, -0.25) is 4.90 Å². The third-order valence-corrected chi connectivity index (χ3v) is 4.99.